The Hall–Kier alpha value is -1.96. The smallest absolute Gasteiger partial charge is 0.218 e. The van der Waals surface area contributed by atoms with Crippen molar-refractivity contribution >= 4 is 26.5 Å². The minimum absolute atomic E-state index is 0.0299. The molecule has 2 rings (SSSR count). The third-order valence-corrected chi connectivity index (χ3v) is 4.76. The van der Waals surface area contributed by atoms with Crippen LogP contribution in [0, 0.1) is 11.6 Å². The molecule has 0 saturated heterocycles. The number of carbonyl (C=O) groups is 1. The number of amides is 1. The molecule has 1 aliphatic rings. The Labute approximate surface area is 121 Å². The normalized spacial score (nSPS) is 19.1. The Kier molecular flexibility index (Phi) is 3.99. The van der Waals surface area contributed by atoms with Gasteiger partial charge in [0.2, 0.25) is 6.41 Å². The number of oxime groups is 1. The Morgan fingerprint density at radius 2 is 2.00 bits per heavy atom. The van der Waals surface area contributed by atoms with Gasteiger partial charge in [-0.2, -0.15) is 0 Å². The number of rotatable bonds is 3. The first-order chi connectivity index (χ1) is 9.77. The van der Waals surface area contributed by atoms with Gasteiger partial charge in [-0.25, -0.2) is 13.0 Å². The molecule has 5 nitrogen and oxygen atoms in total. The van der Waals surface area contributed by atoms with Crippen LogP contribution in [0.4, 0.5) is 8.78 Å². The summed E-state index contributed by atoms with van der Waals surface area (Å²) in [6.45, 7) is 3.43. The van der Waals surface area contributed by atoms with Gasteiger partial charge in [0, 0.05) is 11.8 Å². The molecular weight excluding hydrogens is 302 g/mol. The number of hydrogen-bond donors (Lipinski definition) is 1. The van der Waals surface area contributed by atoms with Gasteiger partial charge in [-0.15, -0.1) is 0 Å². The molecule has 1 aromatic carbocycles. The topological polar surface area (TPSA) is 67.8 Å². The van der Waals surface area contributed by atoms with Crippen LogP contribution < -0.4 is 4.72 Å². The fourth-order valence-electron chi connectivity index (χ4n) is 1.80. The fourth-order valence-corrected chi connectivity index (χ4v) is 3.55. The number of carbonyl (C=O) groups excluding carboxylic acids is 1. The predicted molar refractivity (Wildman–Crippen MR) is 76.1 cm³/mol. The number of halogens is 2. The molecule has 0 saturated carbocycles. The van der Waals surface area contributed by atoms with Crippen molar-refractivity contribution in [2.24, 2.45) is 5.16 Å². The maximum atomic E-state index is 13.7. The summed E-state index contributed by atoms with van der Waals surface area (Å²) in [7, 11) is -3.38. The molecule has 0 fully saturated rings. The van der Waals surface area contributed by atoms with E-state index < -0.39 is 32.5 Å². The van der Waals surface area contributed by atoms with Crippen molar-refractivity contribution < 1.29 is 22.6 Å². The summed E-state index contributed by atoms with van der Waals surface area (Å²) >= 11 is 0. The van der Waals surface area contributed by atoms with Gasteiger partial charge in [0.1, 0.15) is 26.9 Å². The molecule has 1 aliphatic heterocycles. The van der Waals surface area contributed by atoms with Crippen LogP contribution in [0.1, 0.15) is 25.8 Å². The first kappa shape index (κ1) is 15.4. The summed E-state index contributed by atoms with van der Waals surface area (Å²) in [5, 5.41) is 4.55. The molecule has 21 heavy (non-hydrogen) atoms. The maximum Gasteiger partial charge on any atom is 0.218 e. The molecular formula is C13H14F2N2O3S. The van der Waals surface area contributed by atoms with Gasteiger partial charge < -0.3 is 4.84 Å². The van der Waals surface area contributed by atoms with E-state index in [0.29, 0.717) is 0 Å². The van der Waals surface area contributed by atoms with Gasteiger partial charge >= 0.3 is 0 Å². The van der Waals surface area contributed by atoms with Crippen LogP contribution in [0.25, 0.3) is 0 Å². The first-order valence-electron chi connectivity index (χ1n) is 6.06. The lowest BCUT2D eigenvalue weighted by Gasteiger charge is -2.14. The van der Waals surface area contributed by atoms with Crippen LogP contribution in [-0.4, -0.2) is 26.6 Å². The molecule has 0 spiro atoms. The maximum absolute atomic E-state index is 13.7. The van der Waals surface area contributed by atoms with Crippen molar-refractivity contribution in [3.8, 4) is 0 Å². The molecule has 114 valence electrons. The Bertz CT molecular complexity index is 702. The monoisotopic (exact) mass is 316 g/mol. The van der Waals surface area contributed by atoms with E-state index >= 15 is 0 Å². The molecule has 0 bridgehead atoms. The predicted octanol–water partition coefficient (Wildman–Crippen LogP) is 1.57. The van der Waals surface area contributed by atoms with E-state index in [1.54, 1.807) is 13.8 Å². The van der Waals surface area contributed by atoms with E-state index in [9.17, 15) is 17.8 Å². The van der Waals surface area contributed by atoms with E-state index in [1.807, 2.05) is 0 Å². The van der Waals surface area contributed by atoms with E-state index in [1.165, 1.54) is 6.07 Å². The van der Waals surface area contributed by atoms with Gasteiger partial charge in [0.25, 0.3) is 0 Å². The molecule has 0 radical (unpaired) electrons. The van der Waals surface area contributed by atoms with Gasteiger partial charge in [-0.3, -0.25) is 9.52 Å². The Morgan fingerprint density at radius 3 is 2.48 bits per heavy atom. The van der Waals surface area contributed by atoms with Crippen molar-refractivity contribution in [1.82, 2.24) is 4.72 Å². The lowest BCUT2D eigenvalue weighted by Crippen LogP contribution is -2.33. The van der Waals surface area contributed by atoms with Crippen molar-refractivity contribution in [2.45, 2.75) is 25.9 Å². The van der Waals surface area contributed by atoms with Crippen LogP contribution in [0.5, 0.6) is 0 Å². The average molecular weight is 316 g/mol. The zero-order valence-corrected chi connectivity index (χ0v) is 12.2. The number of nitrogens with one attached hydrogen (secondary N) is 1. The van der Waals surface area contributed by atoms with Gasteiger partial charge in [0.05, 0.1) is 5.56 Å². The van der Waals surface area contributed by atoms with Crippen LogP contribution in [0.3, 0.4) is 0 Å². The molecule has 1 N–H and O–H groups in total. The lowest BCUT2D eigenvalue weighted by atomic mass is 10.1. The molecule has 1 amide bonds. The highest BCUT2D eigenvalue weighted by atomic mass is 32.2. The Balaban J connectivity index is 2.56. The average Bonchev–Trinajstić information content (AvgIpc) is 2.76. The number of hydrogen-bond acceptors (Lipinski definition) is 4. The standard InChI is InChI=1S/C13H14F2N2O3S/c1-13(2)6-12(17-20-13)21(19,16-8-18)7-9-10(14)4-3-5-11(9)15/h3-5,7-8H,6H2,1-2H3,(H,16,18,19). The van der Waals surface area contributed by atoms with Crippen LogP contribution in [0.2, 0.25) is 0 Å². The second-order valence-electron chi connectivity index (χ2n) is 5.10. The largest absolute Gasteiger partial charge is 0.389 e. The molecule has 0 aromatic heterocycles. The van der Waals surface area contributed by atoms with E-state index in [-0.39, 0.29) is 17.9 Å². The lowest BCUT2D eigenvalue weighted by molar-refractivity contribution is -0.108. The quantitative estimate of drug-likeness (QED) is 0.680. The zero-order valence-electron chi connectivity index (χ0n) is 11.4. The minimum atomic E-state index is -3.38. The van der Waals surface area contributed by atoms with Crippen molar-refractivity contribution in [3.63, 3.8) is 0 Å². The Morgan fingerprint density at radius 1 is 1.38 bits per heavy atom. The van der Waals surface area contributed by atoms with E-state index in [4.69, 9.17) is 4.84 Å². The van der Waals surface area contributed by atoms with Gasteiger partial charge in [-0.1, -0.05) is 11.2 Å². The van der Waals surface area contributed by atoms with E-state index in [2.05, 4.69) is 9.88 Å². The molecule has 0 aliphatic carbocycles. The highest BCUT2D eigenvalue weighted by Gasteiger charge is 2.34. The van der Waals surface area contributed by atoms with Crippen LogP contribution in [-0.2, 0) is 19.3 Å². The summed E-state index contributed by atoms with van der Waals surface area (Å²) in [5.41, 5.74) is -1.17. The molecule has 8 heteroatoms. The molecule has 1 heterocycles. The second kappa shape index (κ2) is 5.44. The fraction of sp³-hybridized carbons (Fsp3) is 0.308. The first-order valence-corrected chi connectivity index (χ1v) is 7.68. The summed E-state index contributed by atoms with van der Waals surface area (Å²) in [4.78, 5) is 15.8. The molecule has 1 unspecified atom stereocenters. The van der Waals surface area contributed by atoms with Gasteiger partial charge in [-0.05, 0) is 26.0 Å². The van der Waals surface area contributed by atoms with Gasteiger partial charge in [0.15, 0.2) is 5.04 Å². The van der Waals surface area contributed by atoms with Crippen molar-refractivity contribution in [3.05, 3.63) is 35.4 Å². The summed E-state index contributed by atoms with van der Waals surface area (Å²) in [6, 6.07) is 3.26. The molecule has 1 aromatic rings. The third-order valence-electron chi connectivity index (χ3n) is 2.83. The van der Waals surface area contributed by atoms with Crippen molar-refractivity contribution in [1.29, 1.82) is 0 Å². The highest BCUT2D eigenvalue weighted by Crippen LogP contribution is 2.25. The van der Waals surface area contributed by atoms with Crippen LogP contribution >= 0.6 is 0 Å². The zero-order chi connectivity index (χ0) is 15.7. The third kappa shape index (κ3) is 3.21. The summed E-state index contributed by atoms with van der Waals surface area (Å²) in [5.74, 6) is -1.76. The number of benzene rings is 1. The number of nitrogens with zero attached hydrogens (tertiary/aromatic N) is 1. The summed E-state index contributed by atoms with van der Waals surface area (Å²) in [6.07, 6.45) is 0.366. The summed E-state index contributed by atoms with van der Waals surface area (Å²) < 4.78 is 42.2. The van der Waals surface area contributed by atoms with E-state index in [0.717, 1.165) is 17.5 Å². The highest BCUT2D eigenvalue weighted by molar-refractivity contribution is 8.14. The minimum Gasteiger partial charge on any atom is -0.389 e. The molecule has 1 atom stereocenters. The van der Waals surface area contributed by atoms with Crippen LogP contribution in [0.15, 0.2) is 23.4 Å². The SMILES string of the molecule is CC1(C)CC(S(=O)(=Cc2c(F)cccc2F)NC=O)=NO1. The second-order valence-corrected chi connectivity index (χ2v) is 7.25. The van der Waals surface area contributed by atoms with Crippen molar-refractivity contribution in [2.75, 3.05) is 0 Å².